The fourth-order valence-corrected chi connectivity index (χ4v) is 1.26. The predicted octanol–water partition coefficient (Wildman–Crippen LogP) is 1.54. The lowest BCUT2D eigenvalue weighted by molar-refractivity contribution is 0.102. The van der Waals surface area contributed by atoms with Gasteiger partial charge in [0.1, 0.15) is 12.4 Å². The number of hydrogen-bond acceptors (Lipinski definition) is 3. The molecule has 14 heavy (non-hydrogen) atoms. The summed E-state index contributed by atoms with van der Waals surface area (Å²) in [6.45, 7) is 0.768. The number of nitrogens with two attached hydrogens (primary N) is 1. The van der Waals surface area contributed by atoms with Gasteiger partial charge in [0.2, 0.25) is 0 Å². The summed E-state index contributed by atoms with van der Waals surface area (Å²) in [5.41, 5.74) is 5.30. The molecular weight excluding hydrogens is 246 g/mol. The Balaban J connectivity index is 2.34. The Morgan fingerprint density at radius 1 is 1.36 bits per heavy atom. The normalized spacial score (nSPS) is 12.5. The Morgan fingerprint density at radius 2 is 2.00 bits per heavy atom. The van der Waals surface area contributed by atoms with Crippen LogP contribution in [0.15, 0.2) is 28.7 Å². The van der Waals surface area contributed by atoms with Crippen LogP contribution >= 0.6 is 15.9 Å². The number of hydrogen-bond donors (Lipinski definition) is 2. The summed E-state index contributed by atoms with van der Waals surface area (Å²) < 4.78 is 6.36. The van der Waals surface area contributed by atoms with Crippen LogP contribution in [0.5, 0.6) is 5.75 Å². The van der Waals surface area contributed by atoms with Crippen LogP contribution in [0, 0.1) is 0 Å². The highest BCUT2D eigenvalue weighted by Gasteiger charge is 2.03. The molecule has 0 saturated heterocycles. The third-order valence-electron chi connectivity index (χ3n) is 1.76. The molecule has 0 bridgehead atoms. The average Bonchev–Trinajstić information content (AvgIpc) is 2.17. The Bertz CT molecular complexity index is 263. The lowest BCUT2D eigenvalue weighted by atomic mass is 10.3. The van der Waals surface area contributed by atoms with Crippen molar-refractivity contribution in [1.82, 2.24) is 0 Å². The molecule has 3 N–H and O–H groups in total. The van der Waals surface area contributed by atoms with E-state index in [4.69, 9.17) is 10.5 Å². The van der Waals surface area contributed by atoms with Crippen LogP contribution in [0.1, 0.15) is 6.42 Å². The molecule has 78 valence electrons. The van der Waals surface area contributed by atoms with Crippen molar-refractivity contribution in [2.45, 2.75) is 12.5 Å². The fourth-order valence-electron chi connectivity index (χ4n) is 0.999. The lowest BCUT2D eigenvalue weighted by Gasteiger charge is -2.10. The molecule has 1 aromatic rings. The number of aliphatic hydroxyl groups is 1. The van der Waals surface area contributed by atoms with Gasteiger partial charge in [-0.05, 0) is 37.2 Å². The highest BCUT2D eigenvalue weighted by Crippen LogP contribution is 2.16. The zero-order valence-corrected chi connectivity index (χ0v) is 9.40. The predicted molar refractivity (Wildman–Crippen MR) is 59.3 cm³/mol. The van der Waals surface area contributed by atoms with E-state index in [-0.39, 0.29) is 0 Å². The molecule has 1 rings (SSSR count). The van der Waals surface area contributed by atoms with Crippen LogP contribution in [0.3, 0.4) is 0 Å². The minimum atomic E-state index is -0.483. The van der Waals surface area contributed by atoms with Gasteiger partial charge < -0.3 is 15.6 Å². The van der Waals surface area contributed by atoms with E-state index in [1.807, 2.05) is 24.3 Å². The molecule has 1 atom stereocenters. The Hall–Kier alpha value is -0.580. The molecule has 0 aromatic heterocycles. The maximum absolute atomic E-state index is 9.35. The molecular formula is C10H14BrNO2. The van der Waals surface area contributed by atoms with E-state index in [9.17, 15) is 5.11 Å². The maximum atomic E-state index is 9.35. The lowest BCUT2D eigenvalue weighted by Crippen LogP contribution is -2.21. The summed E-state index contributed by atoms with van der Waals surface area (Å²) in [5, 5.41) is 9.35. The Morgan fingerprint density at radius 3 is 2.57 bits per heavy atom. The van der Waals surface area contributed by atoms with Gasteiger partial charge >= 0.3 is 0 Å². The second kappa shape index (κ2) is 6.01. The minimum Gasteiger partial charge on any atom is -0.491 e. The molecule has 0 aliphatic carbocycles. The van der Waals surface area contributed by atoms with Crippen LogP contribution in [0.25, 0.3) is 0 Å². The quantitative estimate of drug-likeness (QED) is 0.844. The van der Waals surface area contributed by atoms with Crippen LogP contribution < -0.4 is 10.5 Å². The topological polar surface area (TPSA) is 55.5 Å². The number of ether oxygens (including phenoxy) is 1. The zero-order valence-electron chi connectivity index (χ0n) is 7.82. The highest BCUT2D eigenvalue weighted by molar-refractivity contribution is 9.10. The van der Waals surface area contributed by atoms with Gasteiger partial charge in [0, 0.05) is 4.47 Å². The SMILES string of the molecule is NCCC(O)COc1ccc(Br)cc1. The first-order valence-corrected chi connectivity index (χ1v) is 5.28. The smallest absolute Gasteiger partial charge is 0.119 e. The van der Waals surface area contributed by atoms with Gasteiger partial charge in [0.05, 0.1) is 6.10 Å². The standard InChI is InChI=1S/C10H14BrNO2/c11-8-1-3-10(4-2-8)14-7-9(13)5-6-12/h1-4,9,13H,5-7,12H2. The van der Waals surface area contributed by atoms with E-state index < -0.39 is 6.10 Å². The van der Waals surface area contributed by atoms with Gasteiger partial charge in [-0.15, -0.1) is 0 Å². The molecule has 0 amide bonds. The number of halogens is 1. The van der Waals surface area contributed by atoms with Gasteiger partial charge in [0.15, 0.2) is 0 Å². The molecule has 1 aromatic carbocycles. The van der Waals surface area contributed by atoms with Crippen molar-refractivity contribution in [2.24, 2.45) is 5.73 Å². The van der Waals surface area contributed by atoms with Crippen molar-refractivity contribution in [2.75, 3.05) is 13.2 Å². The van der Waals surface area contributed by atoms with E-state index in [0.29, 0.717) is 19.6 Å². The second-order valence-corrected chi connectivity index (χ2v) is 3.91. The second-order valence-electron chi connectivity index (χ2n) is 3.00. The molecule has 0 saturated carbocycles. The van der Waals surface area contributed by atoms with E-state index in [0.717, 1.165) is 10.2 Å². The van der Waals surface area contributed by atoms with Crippen molar-refractivity contribution in [1.29, 1.82) is 0 Å². The van der Waals surface area contributed by atoms with Gasteiger partial charge in [-0.2, -0.15) is 0 Å². The van der Waals surface area contributed by atoms with Gasteiger partial charge in [-0.25, -0.2) is 0 Å². The van der Waals surface area contributed by atoms with Crippen molar-refractivity contribution in [3.05, 3.63) is 28.7 Å². The minimum absolute atomic E-state index is 0.291. The molecule has 3 nitrogen and oxygen atoms in total. The van der Waals surface area contributed by atoms with E-state index in [1.165, 1.54) is 0 Å². The average molecular weight is 260 g/mol. The molecule has 0 radical (unpaired) electrons. The molecule has 0 aliphatic heterocycles. The third-order valence-corrected chi connectivity index (χ3v) is 2.28. The first kappa shape index (κ1) is 11.5. The number of aliphatic hydroxyl groups excluding tert-OH is 1. The van der Waals surface area contributed by atoms with Gasteiger partial charge in [0.25, 0.3) is 0 Å². The van der Waals surface area contributed by atoms with Gasteiger partial charge in [-0.1, -0.05) is 15.9 Å². The molecule has 1 unspecified atom stereocenters. The summed E-state index contributed by atoms with van der Waals surface area (Å²) in [6.07, 6.45) is 0.0833. The van der Waals surface area contributed by atoms with Crippen LogP contribution in [-0.2, 0) is 0 Å². The summed E-state index contributed by atoms with van der Waals surface area (Å²) in [5.74, 6) is 0.754. The molecule has 0 aliphatic rings. The van der Waals surface area contributed by atoms with Gasteiger partial charge in [-0.3, -0.25) is 0 Å². The summed E-state index contributed by atoms with van der Waals surface area (Å²) >= 11 is 3.33. The Labute approximate surface area is 92.0 Å². The van der Waals surface area contributed by atoms with Crippen molar-refractivity contribution in [3.63, 3.8) is 0 Å². The summed E-state index contributed by atoms with van der Waals surface area (Å²) in [6, 6.07) is 7.48. The molecule has 0 heterocycles. The zero-order chi connectivity index (χ0) is 10.4. The summed E-state index contributed by atoms with van der Waals surface area (Å²) in [4.78, 5) is 0. The molecule has 0 fully saturated rings. The van der Waals surface area contributed by atoms with E-state index in [1.54, 1.807) is 0 Å². The fraction of sp³-hybridized carbons (Fsp3) is 0.400. The number of rotatable bonds is 5. The van der Waals surface area contributed by atoms with E-state index >= 15 is 0 Å². The molecule has 0 spiro atoms. The summed E-state index contributed by atoms with van der Waals surface area (Å²) in [7, 11) is 0. The third kappa shape index (κ3) is 4.09. The van der Waals surface area contributed by atoms with Crippen molar-refractivity contribution in [3.8, 4) is 5.75 Å². The van der Waals surface area contributed by atoms with Crippen molar-refractivity contribution < 1.29 is 9.84 Å². The highest BCUT2D eigenvalue weighted by atomic mass is 79.9. The van der Waals surface area contributed by atoms with Crippen LogP contribution in [-0.4, -0.2) is 24.4 Å². The maximum Gasteiger partial charge on any atom is 0.119 e. The Kier molecular flexibility index (Phi) is 4.93. The first-order valence-electron chi connectivity index (χ1n) is 4.49. The van der Waals surface area contributed by atoms with Crippen LogP contribution in [0.4, 0.5) is 0 Å². The molecule has 4 heteroatoms. The van der Waals surface area contributed by atoms with Crippen molar-refractivity contribution >= 4 is 15.9 Å². The number of benzene rings is 1. The monoisotopic (exact) mass is 259 g/mol. The van der Waals surface area contributed by atoms with E-state index in [2.05, 4.69) is 15.9 Å². The first-order chi connectivity index (χ1) is 6.72. The van der Waals surface area contributed by atoms with Crippen LogP contribution in [0.2, 0.25) is 0 Å². The largest absolute Gasteiger partial charge is 0.491 e.